The molecule has 31 heavy (non-hydrogen) atoms. The largest absolute Gasteiger partial charge is 0.382 e. The Morgan fingerprint density at radius 1 is 1.19 bits per heavy atom. The highest BCUT2D eigenvalue weighted by atomic mass is 32.2. The first-order valence-electron chi connectivity index (χ1n) is 9.94. The van der Waals surface area contributed by atoms with E-state index in [0.717, 1.165) is 17.5 Å². The Morgan fingerprint density at radius 3 is 2.65 bits per heavy atom. The van der Waals surface area contributed by atoms with Crippen molar-refractivity contribution >= 4 is 32.7 Å². The van der Waals surface area contributed by atoms with Gasteiger partial charge in [0.2, 0.25) is 11.9 Å². The smallest absolute Gasteiger partial charge is 0.241 e. The summed E-state index contributed by atoms with van der Waals surface area (Å²) in [6.45, 7) is 3.71. The summed E-state index contributed by atoms with van der Waals surface area (Å²) in [5.41, 5.74) is 2.54. The van der Waals surface area contributed by atoms with E-state index in [1.165, 1.54) is 0 Å². The molecule has 9 heteroatoms. The van der Waals surface area contributed by atoms with Gasteiger partial charge in [0.05, 0.1) is 28.4 Å². The fourth-order valence-electron chi connectivity index (χ4n) is 3.21. The van der Waals surface area contributed by atoms with Crippen LogP contribution in [0.1, 0.15) is 24.5 Å². The molecule has 0 aliphatic rings. The van der Waals surface area contributed by atoms with E-state index in [1.54, 1.807) is 24.3 Å². The van der Waals surface area contributed by atoms with Gasteiger partial charge in [0, 0.05) is 19.8 Å². The SMILES string of the molecule is CCOCCCn1c(NC(=O)CS(=O)(=O)Cc2ccc(C#N)cc2)nc2ccccc21. The van der Waals surface area contributed by atoms with Gasteiger partial charge in [-0.15, -0.1) is 0 Å². The number of sulfone groups is 1. The molecule has 0 saturated heterocycles. The standard InChI is InChI=1S/C22H24N4O4S/c1-2-30-13-5-12-26-20-7-4-3-6-19(20)24-22(26)25-21(27)16-31(28,29)15-18-10-8-17(14-23)9-11-18/h3-4,6-11H,2,5,12-13,15-16H2,1H3,(H,24,25,27). The molecule has 1 heterocycles. The Hall–Kier alpha value is -3.22. The molecule has 0 unspecified atom stereocenters. The van der Waals surface area contributed by atoms with Crippen LogP contribution in [0.5, 0.6) is 0 Å². The highest BCUT2D eigenvalue weighted by Gasteiger charge is 2.20. The molecule has 1 amide bonds. The molecule has 2 aromatic carbocycles. The molecule has 0 aliphatic heterocycles. The lowest BCUT2D eigenvalue weighted by Gasteiger charge is -2.10. The highest BCUT2D eigenvalue weighted by Crippen LogP contribution is 2.20. The summed E-state index contributed by atoms with van der Waals surface area (Å²) in [5.74, 6) is -1.27. The topological polar surface area (TPSA) is 114 Å². The van der Waals surface area contributed by atoms with Crippen LogP contribution in [0.2, 0.25) is 0 Å². The van der Waals surface area contributed by atoms with E-state index in [1.807, 2.05) is 41.8 Å². The maximum atomic E-state index is 12.5. The fraction of sp³-hybridized carbons (Fsp3) is 0.318. The number of ether oxygens (including phenoxy) is 1. The van der Waals surface area contributed by atoms with Crippen LogP contribution in [0.15, 0.2) is 48.5 Å². The second kappa shape index (κ2) is 10.2. The Morgan fingerprint density at radius 2 is 1.94 bits per heavy atom. The van der Waals surface area contributed by atoms with Gasteiger partial charge in [0.25, 0.3) is 0 Å². The van der Waals surface area contributed by atoms with Gasteiger partial charge in [-0.1, -0.05) is 24.3 Å². The van der Waals surface area contributed by atoms with Gasteiger partial charge in [0.1, 0.15) is 5.75 Å². The zero-order valence-corrected chi connectivity index (χ0v) is 18.1. The molecule has 0 saturated carbocycles. The lowest BCUT2D eigenvalue weighted by atomic mass is 10.2. The minimum Gasteiger partial charge on any atom is -0.382 e. The molecule has 8 nitrogen and oxygen atoms in total. The summed E-state index contributed by atoms with van der Waals surface area (Å²) in [5, 5.41) is 11.5. The number of anilines is 1. The number of carbonyl (C=O) groups excluding carboxylic acids is 1. The molecule has 3 aromatic rings. The van der Waals surface area contributed by atoms with E-state index < -0.39 is 21.5 Å². The van der Waals surface area contributed by atoms with E-state index in [4.69, 9.17) is 10.00 Å². The predicted octanol–water partition coefficient (Wildman–Crippen LogP) is 2.89. The van der Waals surface area contributed by atoms with Gasteiger partial charge in [0.15, 0.2) is 9.84 Å². The number of imidazole rings is 1. The van der Waals surface area contributed by atoms with Gasteiger partial charge >= 0.3 is 0 Å². The minimum absolute atomic E-state index is 0.281. The Bertz CT molecular complexity index is 1190. The van der Waals surface area contributed by atoms with Crippen LogP contribution in [0.3, 0.4) is 0 Å². The van der Waals surface area contributed by atoms with Gasteiger partial charge in [-0.25, -0.2) is 13.4 Å². The second-order valence-electron chi connectivity index (χ2n) is 7.02. The van der Waals surface area contributed by atoms with Crippen molar-refractivity contribution in [1.82, 2.24) is 9.55 Å². The van der Waals surface area contributed by atoms with Crippen LogP contribution in [0, 0.1) is 11.3 Å². The van der Waals surface area contributed by atoms with Crippen LogP contribution in [0.4, 0.5) is 5.95 Å². The summed E-state index contributed by atoms with van der Waals surface area (Å²) in [7, 11) is -3.69. The predicted molar refractivity (Wildman–Crippen MR) is 118 cm³/mol. The monoisotopic (exact) mass is 440 g/mol. The number of nitrogens with zero attached hydrogens (tertiary/aromatic N) is 3. The quantitative estimate of drug-likeness (QED) is 0.485. The van der Waals surface area contributed by atoms with Crippen molar-refractivity contribution in [3.63, 3.8) is 0 Å². The zero-order valence-electron chi connectivity index (χ0n) is 17.2. The molecule has 3 rings (SSSR count). The van der Waals surface area contributed by atoms with Crippen molar-refractivity contribution in [2.45, 2.75) is 25.6 Å². The summed E-state index contributed by atoms with van der Waals surface area (Å²) < 4.78 is 32.2. The molecule has 0 bridgehead atoms. The fourth-order valence-corrected chi connectivity index (χ4v) is 4.48. The molecule has 0 fully saturated rings. The third-order valence-electron chi connectivity index (χ3n) is 4.60. The zero-order chi connectivity index (χ0) is 22.3. The van der Waals surface area contributed by atoms with Crippen LogP contribution in [-0.4, -0.2) is 42.8 Å². The number of carbonyl (C=O) groups is 1. The summed E-state index contributed by atoms with van der Waals surface area (Å²) in [6, 6.07) is 15.7. The van der Waals surface area contributed by atoms with Gasteiger partial charge < -0.3 is 9.30 Å². The number of aromatic nitrogens is 2. The van der Waals surface area contributed by atoms with Crippen LogP contribution < -0.4 is 5.32 Å². The number of amides is 1. The first kappa shape index (κ1) is 22.5. The van der Waals surface area contributed by atoms with Crippen LogP contribution in [0.25, 0.3) is 11.0 Å². The number of para-hydroxylation sites is 2. The molecular weight excluding hydrogens is 416 g/mol. The van der Waals surface area contributed by atoms with E-state index in [2.05, 4.69) is 10.3 Å². The first-order valence-corrected chi connectivity index (χ1v) is 11.8. The van der Waals surface area contributed by atoms with Crippen LogP contribution in [-0.2, 0) is 31.7 Å². The van der Waals surface area contributed by atoms with E-state index >= 15 is 0 Å². The molecule has 0 radical (unpaired) electrons. The molecule has 1 aromatic heterocycles. The lowest BCUT2D eigenvalue weighted by molar-refractivity contribution is -0.113. The second-order valence-corrected chi connectivity index (χ2v) is 9.08. The normalized spacial score (nSPS) is 11.4. The number of nitrogens with one attached hydrogen (secondary N) is 1. The van der Waals surface area contributed by atoms with Gasteiger partial charge in [-0.05, 0) is 43.2 Å². The lowest BCUT2D eigenvalue weighted by Crippen LogP contribution is -2.25. The van der Waals surface area contributed by atoms with E-state index in [0.29, 0.717) is 36.8 Å². The summed E-state index contributed by atoms with van der Waals surface area (Å²) in [4.78, 5) is 17.0. The number of benzene rings is 2. The molecule has 0 aliphatic carbocycles. The van der Waals surface area contributed by atoms with Crippen molar-refractivity contribution in [3.8, 4) is 6.07 Å². The number of hydrogen-bond donors (Lipinski definition) is 1. The summed E-state index contributed by atoms with van der Waals surface area (Å²) >= 11 is 0. The van der Waals surface area contributed by atoms with Gasteiger partial charge in [-0.3, -0.25) is 10.1 Å². The van der Waals surface area contributed by atoms with Crippen molar-refractivity contribution < 1.29 is 17.9 Å². The number of rotatable bonds is 10. The van der Waals surface area contributed by atoms with Gasteiger partial charge in [-0.2, -0.15) is 5.26 Å². The highest BCUT2D eigenvalue weighted by molar-refractivity contribution is 7.91. The average Bonchev–Trinajstić information content (AvgIpc) is 3.07. The van der Waals surface area contributed by atoms with Crippen molar-refractivity contribution in [2.24, 2.45) is 0 Å². The summed E-state index contributed by atoms with van der Waals surface area (Å²) in [6.07, 6.45) is 0.730. The molecule has 0 atom stereocenters. The van der Waals surface area contributed by atoms with Crippen molar-refractivity contribution in [1.29, 1.82) is 5.26 Å². The molecule has 1 N–H and O–H groups in total. The number of hydrogen-bond acceptors (Lipinski definition) is 6. The Labute approximate surface area is 181 Å². The Kier molecular flexibility index (Phi) is 7.39. The number of nitriles is 1. The maximum Gasteiger partial charge on any atom is 0.241 e. The maximum absolute atomic E-state index is 12.5. The van der Waals surface area contributed by atoms with E-state index in [9.17, 15) is 13.2 Å². The molecule has 162 valence electrons. The van der Waals surface area contributed by atoms with E-state index in [-0.39, 0.29) is 5.75 Å². The third-order valence-corrected chi connectivity index (χ3v) is 6.08. The third kappa shape index (κ3) is 6.13. The first-order chi connectivity index (χ1) is 14.9. The molecule has 0 spiro atoms. The number of fused-ring (bicyclic) bond motifs is 1. The number of aryl methyl sites for hydroxylation is 1. The Balaban J connectivity index is 1.70. The van der Waals surface area contributed by atoms with Crippen molar-refractivity contribution in [2.75, 3.05) is 24.3 Å². The van der Waals surface area contributed by atoms with Crippen molar-refractivity contribution in [3.05, 3.63) is 59.7 Å². The minimum atomic E-state index is -3.69. The molecular formula is C22H24N4O4S. The average molecular weight is 441 g/mol. The van der Waals surface area contributed by atoms with Crippen LogP contribution >= 0.6 is 0 Å².